The zero-order valence-electron chi connectivity index (χ0n) is 10.3. The molecule has 17 heavy (non-hydrogen) atoms. The van der Waals surface area contributed by atoms with Crippen molar-refractivity contribution in [1.82, 2.24) is 5.32 Å². The average Bonchev–Trinajstić information content (AvgIpc) is 2.38. The molecule has 2 rings (SSSR count). The van der Waals surface area contributed by atoms with Gasteiger partial charge in [-0.05, 0) is 69.0 Å². The van der Waals surface area contributed by atoms with E-state index in [0.29, 0.717) is 0 Å². The van der Waals surface area contributed by atoms with Crippen molar-refractivity contribution in [2.45, 2.75) is 25.7 Å². The summed E-state index contributed by atoms with van der Waals surface area (Å²) in [6.07, 6.45) is 5.08. The van der Waals surface area contributed by atoms with Crippen molar-refractivity contribution in [3.05, 3.63) is 24.3 Å². The average molecular weight is 234 g/mol. The van der Waals surface area contributed by atoms with Gasteiger partial charge in [0.05, 0.1) is 6.61 Å². The highest BCUT2D eigenvalue weighted by atomic mass is 16.5. The maximum absolute atomic E-state index is 5.68. The first-order chi connectivity index (χ1) is 8.34. The van der Waals surface area contributed by atoms with E-state index in [1.807, 2.05) is 24.3 Å². The van der Waals surface area contributed by atoms with Gasteiger partial charge >= 0.3 is 0 Å². The number of nitrogen functional groups attached to an aromatic ring is 1. The van der Waals surface area contributed by atoms with Crippen LogP contribution in [0.2, 0.25) is 0 Å². The van der Waals surface area contributed by atoms with Gasteiger partial charge in [-0.1, -0.05) is 0 Å². The van der Waals surface area contributed by atoms with Crippen molar-refractivity contribution in [2.24, 2.45) is 5.92 Å². The highest BCUT2D eigenvalue weighted by molar-refractivity contribution is 5.41. The first-order valence-electron chi connectivity index (χ1n) is 6.53. The zero-order chi connectivity index (χ0) is 11.9. The Hall–Kier alpha value is -1.22. The number of hydrogen-bond donors (Lipinski definition) is 2. The summed E-state index contributed by atoms with van der Waals surface area (Å²) in [5.41, 5.74) is 6.40. The molecule has 0 unspecified atom stereocenters. The fourth-order valence-electron chi connectivity index (χ4n) is 2.30. The van der Waals surface area contributed by atoms with Gasteiger partial charge in [-0.25, -0.2) is 0 Å². The van der Waals surface area contributed by atoms with E-state index in [9.17, 15) is 0 Å². The predicted octanol–water partition coefficient (Wildman–Crippen LogP) is 2.43. The molecule has 1 heterocycles. The van der Waals surface area contributed by atoms with Crippen LogP contribution in [0.25, 0.3) is 0 Å². The molecule has 0 amide bonds. The minimum atomic E-state index is 0.784. The Kier molecular flexibility index (Phi) is 4.68. The van der Waals surface area contributed by atoms with Crippen molar-refractivity contribution < 1.29 is 4.74 Å². The molecule has 0 aromatic heterocycles. The third kappa shape index (κ3) is 4.27. The second-order valence-electron chi connectivity index (χ2n) is 4.75. The molecule has 0 spiro atoms. The van der Waals surface area contributed by atoms with Crippen LogP contribution in [0, 0.1) is 5.92 Å². The number of ether oxygens (including phenoxy) is 1. The van der Waals surface area contributed by atoms with E-state index in [0.717, 1.165) is 30.4 Å². The lowest BCUT2D eigenvalue weighted by atomic mass is 9.93. The number of piperidine rings is 1. The Labute approximate surface area is 103 Å². The van der Waals surface area contributed by atoms with Gasteiger partial charge in [-0.15, -0.1) is 0 Å². The van der Waals surface area contributed by atoms with Gasteiger partial charge in [0.15, 0.2) is 0 Å². The molecule has 3 heteroatoms. The molecule has 1 aliphatic heterocycles. The number of hydrogen-bond acceptors (Lipinski definition) is 3. The van der Waals surface area contributed by atoms with Gasteiger partial charge in [0.1, 0.15) is 5.75 Å². The molecule has 1 fully saturated rings. The summed E-state index contributed by atoms with van der Waals surface area (Å²) < 4.78 is 5.68. The second-order valence-corrected chi connectivity index (χ2v) is 4.75. The number of nitrogens with one attached hydrogen (secondary N) is 1. The fraction of sp³-hybridized carbons (Fsp3) is 0.571. The van der Waals surface area contributed by atoms with Crippen LogP contribution in [0.4, 0.5) is 5.69 Å². The monoisotopic (exact) mass is 234 g/mol. The van der Waals surface area contributed by atoms with E-state index in [1.165, 1.54) is 32.4 Å². The van der Waals surface area contributed by atoms with Gasteiger partial charge in [0.25, 0.3) is 0 Å². The maximum Gasteiger partial charge on any atom is 0.119 e. The molecular formula is C14H22N2O. The highest BCUT2D eigenvalue weighted by Gasteiger charge is 2.12. The fourth-order valence-corrected chi connectivity index (χ4v) is 2.30. The standard InChI is InChI=1S/C14H22N2O/c15-13-3-5-14(6-4-13)17-11-1-2-12-7-9-16-10-8-12/h3-6,12,16H,1-2,7-11,15H2. The number of nitrogens with two attached hydrogens (primary N) is 1. The molecule has 1 aliphatic rings. The smallest absolute Gasteiger partial charge is 0.119 e. The van der Waals surface area contributed by atoms with Gasteiger partial charge in [0, 0.05) is 5.69 Å². The number of benzene rings is 1. The van der Waals surface area contributed by atoms with Crippen LogP contribution in [0.15, 0.2) is 24.3 Å². The lowest BCUT2D eigenvalue weighted by molar-refractivity contribution is 0.274. The van der Waals surface area contributed by atoms with Crippen LogP contribution < -0.4 is 15.8 Å². The van der Waals surface area contributed by atoms with Crippen molar-refractivity contribution in [1.29, 1.82) is 0 Å². The van der Waals surface area contributed by atoms with E-state index in [2.05, 4.69) is 5.32 Å². The van der Waals surface area contributed by atoms with Crippen molar-refractivity contribution >= 4 is 5.69 Å². The van der Waals surface area contributed by atoms with E-state index in [-0.39, 0.29) is 0 Å². The minimum Gasteiger partial charge on any atom is -0.494 e. The van der Waals surface area contributed by atoms with Crippen molar-refractivity contribution in [2.75, 3.05) is 25.4 Å². The summed E-state index contributed by atoms with van der Waals surface area (Å²) in [7, 11) is 0. The van der Waals surface area contributed by atoms with Gasteiger partial charge in [-0.3, -0.25) is 0 Å². The van der Waals surface area contributed by atoms with Gasteiger partial charge in [-0.2, -0.15) is 0 Å². The minimum absolute atomic E-state index is 0.784. The third-order valence-corrected chi connectivity index (χ3v) is 3.36. The van der Waals surface area contributed by atoms with Crippen molar-refractivity contribution in [3.8, 4) is 5.75 Å². The molecule has 94 valence electrons. The van der Waals surface area contributed by atoms with E-state index >= 15 is 0 Å². The number of anilines is 1. The van der Waals surface area contributed by atoms with Crippen LogP contribution in [0.3, 0.4) is 0 Å². The topological polar surface area (TPSA) is 47.3 Å². The SMILES string of the molecule is Nc1ccc(OCCCC2CCNCC2)cc1. The normalized spacial score (nSPS) is 16.9. The zero-order valence-corrected chi connectivity index (χ0v) is 10.3. The van der Waals surface area contributed by atoms with Crippen LogP contribution in [-0.4, -0.2) is 19.7 Å². The Morgan fingerprint density at radius 2 is 1.88 bits per heavy atom. The van der Waals surface area contributed by atoms with Gasteiger partial charge < -0.3 is 15.8 Å². The first kappa shape index (κ1) is 12.2. The molecule has 3 N–H and O–H groups in total. The Morgan fingerprint density at radius 1 is 1.18 bits per heavy atom. The maximum atomic E-state index is 5.68. The summed E-state index contributed by atoms with van der Waals surface area (Å²) in [6, 6.07) is 7.62. The largest absolute Gasteiger partial charge is 0.494 e. The molecule has 0 atom stereocenters. The van der Waals surface area contributed by atoms with Crippen LogP contribution in [0.5, 0.6) is 5.75 Å². The summed E-state index contributed by atoms with van der Waals surface area (Å²) in [5, 5.41) is 3.39. The quantitative estimate of drug-likeness (QED) is 0.607. The second kappa shape index (κ2) is 6.50. The molecule has 0 saturated carbocycles. The lowest BCUT2D eigenvalue weighted by Gasteiger charge is -2.22. The summed E-state index contributed by atoms with van der Waals surface area (Å²) in [6.45, 7) is 3.18. The van der Waals surface area contributed by atoms with Gasteiger partial charge in [0.2, 0.25) is 0 Å². The third-order valence-electron chi connectivity index (χ3n) is 3.36. The van der Waals surface area contributed by atoms with E-state index in [1.54, 1.807) is 0 Å². The first-order valence-corrected chi connectivity index (χ1v) is 6.53. The Morgan fingerprint density at radius 3 is 2.59 bits per heavy atom. The predicted molar refractivity (Wildman–Crippen MR) is 71.2 cm³/mol. The number of rotatable bonds is 5. The Balaban J connectivity index is 1.60. The van der Waals surface area contributed by atoms with E-state index < -0.39 is 0 Å². The van der Waals surface area contributed by atoms with Crippen LogP contribution in [0.1, 0.15) is 25.7 Å². The summed E-state index contributed by atoms with van der Waals surface area (Å²) >= 11 is 0. The molecule has 1 saturated heterocycles. The highest BCUT2D eigenvalue weighted by Crippen LogP contribution is 2.18. The van der Waals surface area contributed by atoms with Crippen molar-refractivity contribution in [3.63, 3.8) is 0 Å². The Bertz CT molecular complexity index is 317. The molecule has 0 radical (unpaired) electrons. The molecule has 0 bridgehead atoms. The molecular weight excluding hydrogens is 212 g/mol. The van der Waals surface area contributed by atoms with Crippen LogP contribution >= 0.6 is 0 Å². The van der Waals surface area contributed by atoms with Crippen LogP contribution in [-0.2, 0) is 0 Å². The molecule has 1 aromatic rings. The van der Waals surface area contributed by atoms with E-state index in [4.69, 9.17) is 10.5 Å². The molecule has 1 aromatic carbocycles. The molecule has 0 aliphatic carbocycles. The summed E-state index contributed by atoms with van der Waals surface area (Å²) in [5.74, 6) is 1.82. The molecule has 3 nitrogen and oxygen atoms in total. The summed E-state index contributed by atoms with van der Waals surface area (Å²) in [4.78, 5) is 0. The lowest BCUT2D eigenvalue weighted by Crippen LogP contribution is -2.27.